The Balaban J connectivity index is 1.92. The van der Waals surface area contributed by atoms with Crippen molar-refractivity contribution in [1.82, 2.24) is 20.2 Å². The number of aromatic nitrogens is 2. The SMILES string of the molecule is CNC(C)CNC(=O)c1ccc(Cn2ccnc2)cc1. The number of amides is 1. The normalized spacial score (nSPS) is 12.1. The Labute approximate surface area is 119 Å². The van der Waals surface area contributed by atoms with Crippen LogP contribution >= 0.6 is 0 Å². The molecule has 1 aromatic heterocycles. The van der Waals surface area contributed by atoms with E-state index in [1.54, 1.807) is 12.5 Å². The van der Waals surface area contributed by atoms with Crippen molar-refractivity contribution >= 4 is 5.91 Å². The second-order valence-electron chi connectivity index (χ2n) is 4.83. The average molecular weight is 272 g/mol. The van der Waals surface area contributed by atoms with Crippen molar-refractivity contribution in [3.05, 3.63) is 54.1 Å². The molecule has 5 heteroatoms. The van der Waals surface area contributed by atoms with Crippen molar-refractivity contribution in [2.75, 3.05) is 13.6 Å². The lowest BCUT2D eigenvalue weighted by Crippen LogP contribution is -2.37. The fourth-order valence-electron chi connectivity index (χ4n) is 1.80. The number of likely N-dealkylation sites (N-methyl/N-ethyl adjacent to an activating group) is 1. The van der Waals surface area contributed by atoms with Crippen LogP contribution in [0.15, 0.2) is 43.0 Å². The van der Waals surface area contributed by atoms with E-state index in [1.807, 2.05) is 49.0 Å². The molecule has 0 aliphatic carbocycles. The molecule has 0 radical (unpaired) electrons. The van der Waals surface area contributed by atoms with Gasteiger partial charge < -0.3 is 15.2 Å². The lowest BCUT2D eigenvalue weighted by atomic mass is 10.1. The Morgan fingerprint density at radius 1 is 1.35 bits per heavy atom. The first kappa shape index (κ1) is 14.3. The molecular formula is C15H20N4O. The van der Waals surface area contributed by atoms with Crippen molar-refractivity contribution in [1.29, 1.82) is 0 Å². The minimum absolute atomic E-state index is 0.0405. The number of rotatable bonds is 6. The first-order valence-corrected chi connectivity index (χ1v) is 6.69. The van der Waals surface area contributed by atoms with Crippen LogP contribution in [0.25, 0.3) is 0 Å². The van der Waals surface area contributed by atoms with Crippen LogP contribution in [0.4, 0.5) is 0 Å². The summed E-state index contributed by atoms with van der Waals surface area (Å²) >= 11 is 0. The average Bonchev–Trinajstić information content (AvgIpc) is 2.98. The van der Waals surface area contributed by atoms with Gasteiger partial charge >= 0.3 is 0 Å². The summed E-state index contributed by atoms with van der Waals surface area (Å²) in [5.41, 5.74) is 1.82. The molecule has 20 heavy (non-hydrogen) atoms. The number of hydrogen-bond donors (Lipinski definition) is 2. The zero-order valence-electron chi connectivity index (χ0n) is 11.8. The highest BCUT2D eigenvalue weighted by molar-refractivity contribution is 5.94. The number of benzene rings is 1. The fourth-order valence-corrected chi connectivity index (χ4v) is 1.80. The molecule has 2 rings (SSSR count). The highest BCUT2D eigenvalue weighted by Gasteiger charge is 2.06. The molecule has 2 aromatic rings. The lowest BCUT2D eigenvalue weighted by molar-refractivity contribution is 0.0950. The summed E-state index contributed by atoms with van der Waals surface area (Å²) < 4.78 is 1.99. The van der Waals surface area contributed by atoms with Gasteiger partial charge in [0.25, 0.3) is 5.91 Å². The molecule has 106 valence electrons. The molecule has 1 unspecified atom stereocenters. The van der Waals surface area contributed by atoms with E-state index in [9.17, 15) is 4.79 Å². The molecule has 1 amide bonds. The van der Waals surface area contributed by atoms with E-state index in [4.69, 9.17) is 0 Å². The van der Waals surface area contributed by atoms with E-state index in [1.165, 1.54) is 0 Å². The molecule has 0 aliphatic rings. The van der Waals surface area contributed by atoms with E-state index < -0.39 is 0 Å². The van der Waals surface area contributed by atoms with Crippen LogP contribution in [0.5, 0.6) is 0 Å². The zero-order chi connectivity index (χ0) is 14.4. The Morgan fingerprint density at radius 3 is 2.70 bits per heavy atom. The number of nitrogens with zero attached hydrogens (tertiary/aromatic N) is 2. The summed E-state index contributed by atoms with van der Waals surface area (Å²) in [6, 6.07) is 7.91. The van der Waals surface area contributed by atoms with Crippen LogP contribution in [0.2, 0.25) is 0 Å². The first-order chi connectivity index (χ1) is 9.69. The monoisotopic (exact) mass is 272 g/mol. The molecule has 1 atom stereocenters. The van der Waals surface area contributed by atoms with Crippen molar-refractivity contribution in [2.45, 2.75) is 19.5 Å². The second-order valence-corrected chi connectivity index (χ2v) is 4.83. The van der Waals surface area contributed by atoms with Gasteiger partial charge in [-0.3, -0.25) is 4.79 Å². The second kappa shape index (κ2) is 6.86. The molecule has 0 fully saturated rings. The minimum Gasteiger partial charge on any atom is -0.350 e. The summed E-state index contributed by atoms with van der Waals surface area (Å²) in [5.74, 6) is -0.0405. The Hall–Kier alpha value is -2.14. The molecule has 5 nitrogen and oxygen atoms in total. The van der Waals surface area contributed by atoms with Crippen LogP contribution in [0, 0.1) is 0 Å². The predicted molar refractivity (Wildman–Crippen MR) is 78.6 cm³/mol. The van der Waals surface area contributed by atoms with Crippen molar-refractivity contribution in [3.63, 3.8) is 0 Å². The largest absolute Gasteiger partial charge is 0.350 e. The predicted octanol–water partition coefficient (Wildman–Crippen LogP) is 1.27. The van der Waals surface area contributed by atoms with Gasteiger partial charge in [0.05, 0.1) is 6.33 Å². The molecule has 1 heterocycles. The molecule has 0 bridgehead atoms. The van der Waals surface area contributed by atoms with E-state index in [0.29, 0.717) is 12.1 Å². The van der Waals surface area contributed by atoms with Gasteiger partial charge in [-0.1, -0.05) is 12.1 Å². The van der Waals surface area contributed by atoms with Crippen molar-refractivity contribution in [2.24, 2.45) is 0 Å². The third kappa shape index (κ3) is 3.93. The van der Waals surface area contributed by atoms with E-state index in [-0.39, 0.29) is 11.9 Å². The lowest BCUT2D eigenvalue weighted by Gasteiger charge is -2.11. The van der Waals surface area contributed by atoms with Gasteiger partial charge in [0.1, 0.15) is 0 Å². The van der Waals surface area contributed by atoms with Gasteiger partial charge in [-0.2, -0.15) is 0 Å². The molecule has 0 aliphatic heterocycles. The molecule has 0 saturated carbocycles. The maximum atomic E-state index is 11.9. The highest BCUT2D eigenvalue weighted by atomic mass is 16.1. The maximum Gasteiger partial charge on any atom is 0.251 e. The molecule has 0 spiro atoms. The minimum atomic E-state index is -0.0405. The smallest absolute Gasteiger partial charge is 0.251 e. The summed E-state index contributed by atoms with van der Waals surface area (Å²) in [7, 11) is 1.88. The summed E-state index contributed by atoms with van der Waals surface area (Å²) in [5, 5.41) is 5.98. The van der Waals surface area contributed by atoms with Crippen LogP contribution in [-0.4, -0.2) is 35.1 Å². The standard InChI is InChI=1S/C15H20N4O/c1-12(16-2)9-18-15(20)14-5-3-13(4-6-14)10-19-8-7-17-11-19/h3-8,11-12,16H,9-10H2,1-2H3,(H,18,20). The summed E-state index contributed by atoms with van der Waals surface area (Å²) in [6.45, 7) is 3.40. The molecule has 0 saturated heterocycles. The Bertz CT molecular complexity index is 534. The van der Waals surface area contributed by atoms with E-state index in [2.05, 4.69) is 15.6 Å². The molecule has 1 aromatic carbocycles. The van der Waals surface area contributed by atoms with E-state index in [0.717, 1.165) is 12.1 Å². The van der Waals surface area contributed by atoms with Gasteiger partial charge in [-0.05, 0) is 31.7 Å². The number of hydrogen-bond acceptors (Lipinski definition) is 3. The number of carbonyl (C=O) groups is 1. The van der Waals surface area contributed by atoms with Gasteiger partial charge in [0, 0.05) is 37.1 Å². The van der Waals surface area contributed by atoms with Crippen molar-refractivity contribution in [3.8, 4) is 0 Å². The van der Waals surface area contributed by atoms with E-state index >= 15 is 0 Å². The zero-order valence-corrected chi connectivity index (χ0v) is 11.8. The van der Waals surface area contributed by atoms with Crippen LogP contribution in [0.1, 0.15) is 22.8 Å². The summed E-state index contributed by atoms with van der Waals surface area (Å²) in [6.07, 6.45) is 5.45. The Kier molecular flexibility index (Phi) is 4.90. The van der Waals surface area contributed by atoms with Crippen molar-refractivity contribution < 1.29 is 4.79 Å². The van der Waals surface area contributed by atoms with Gasteiger partial charge in [0.2, 0.25) is 0 Å². The van der Waals surface area contributed by atoms with Gasteiger partial charge in [-0.25, -0.2) is 4.98 Å². The molecule has 2 N–H and O–H groups in total. The molecular weight excluding hydrogens is 252 g/mol. The number of carbonyl (C=O) groups excluding carboxylic acids is 1. The quantitative estimate of drug-likeness (QED) is 0.832. The third-order valence-electron chi connectivity index (χ3n) is 3.20. The number of imidazole rings is 1. The highest BCUT2D eigenvalue weighted by Crippen LogP contribution is 2.06. The maximum absolute atomic E-state index is 11.9. The van der Waals surface area contributed by atoms with Crippen LogP contribution in [0.3, 0.4) is 0 Å². The first-order valence-electron chi connectivity index (χ1n) is 6.69. The Morgan fingerprint density at radius 2 is 2.10 bits per heavy atom. The van der Waals surface area contributed by atoms with Crippen LogP contribution < -0.4 is 10.6 Å². The van der Waals surface area contributed by atoms with Crippen LogP contribution in [-0.2, 0) is 6.54 Å². The van der Waals surface area contributed by atoms with Gasteiger partial charge in [0.15, 0.2) is 0 Å². The summed E-state index contributed by atoms with van der Waals surface area (Å²) in [4.78, 5) is 15.9. The fraction of sp³-hybridized carbons (Fsp3) is 0.333. The number of nitrogens with one attached hydrogen (secondary N) is 2. The van der Waals surface area contributed by atoms with Gasteiger partial charge in [-0.15, -0.1) is 0 Å². The third-order valence-corrected chi connectivity index (χ3v) is 3.20. The topological polar surface area (TPSA) is 58.9 Å².